The maximum Gasteiger partial charge on any atom is 0.188 e. The van der Waals surface area contributed by atoms with Crippen LogP contribution in [0.15, 0.2) is 53.4 Å². The highest BCUT2D eigenvalue weighted by Crippen LogP contribution is 2.09. The highest BCUT2D eigenvalue weighted by atomic mass is 32.2. The SMILES string of the molecule is COS(=O)Cc1ccccc1C.COS(=O)c1ccc(C)cc1. The lowest BCUT2D eigenvalue weighted by atomic mass is 10.1. The van der Waals surface area contributed by atoms with Crippen molar-refractivity contribution >= 4 is 22.2 Å². The molecule has 0 radical (unpaired) electrons. The fourth-order valence-corrected chi connectivity index (χ4v) is 2.95. The van der Waals surface area contributed by atoms with E-state index in [-0.39, 0.29) is 0 Å². The van der Waals surface area contributed by atoms with Gasteiger partial charge in [-0.3, -0.25) is 8.37 Å². The van der Waals surface area contributed by atoms with Crippen molar-refractivity contribution in [3.05, 3.63) is 65.2 Å². The Balaban J connectivity index is 0.000000231. The molecule has 0 aliphatic rings. The Morgan fingerprint density at radius 2 is 1.48 bits per heavy atom. The van der Waals surface area contributed by atoms with Crippen LogP contribution in [0.3, 0.4) is 0 Å². The molecule has 0 aromatic heterocycles. The zero-order valence-corrected chi connectivity index (χ0v) is 15.4. The van der Waals surface area contributed by atoms with Gasteiger partial charge in [0.1, 0.15) is 0 Å². The van der Waals surface area contributed by atoms with Gasteiger partial charge in [0.15, 0.2) is 22.2 Å². The van der Waals surface area contributed by atoms with E-state index in [4.69, 9.17) is 0 Å². The summed E-state index contributed by atoms with van der Waals surface area (Å²) in [5.41, 5.74) is 3.39. The molecule has 2 aromatic rings. The summed E-state index contributed by atoms with van der Waals surface area (Å²) in [5.74, 6) is 0.475. The van der Waals surface area contributed by atoms with Crippen LogP contribution in [0.25, 0.3) is 0 Å². The quantitative estimate of drug-likeness (QED) is 0.825. The summed E-state index contributed by atoms with van der Waals surface area (Å²) >= 11 is -2.49. The molecule has 2 rings (SSSR count). The zero-order valence-electron chi connectivity index (χ0n) is 13.8. The van der Waals surface area contributed by atoms with Gasteiger partial charge < -0.3 is 0 Å². The van der Waals surface area contributed by atoms with Crippen LogP contribution >= 0.6 is 0 Å². The van der Waals surface area contributed by atoms with Gasteiger partial charge in [0.05, 0.1) is 24.9 Å². The molecule has 0 heterocycles. The average molecular weight is 354 g/mol. The third-order valence-electron chi connectivity index (χ3n) is 3.09. The first-order chi connectivity index (χ1) is 11.0. The van der Waals surface area contributed by atoms with E-state index in [0.29, 0.717) is 10.6 Å². The van der Waals surface area contributed by atoms with E-state index in [1.807, 2.05) is 50.2 Å². The zero-order chi connectivity index (χ0) is 17.2. The monoisotopic (exact) mass is 354 g/mol. The maximum absolute atomic E-state index is 11.0. The Hall–Kier alpha value is -1.34. The first-order valence-corrected chi connectivity index (χ1v) is 9.30. The van der Waals surface area contributed by atoms with Crippen LogP contribution < -0.4 is 0 Å². The standard InChI is InChI=1S/C9H12O2S.C8H10O2S/c1-8-5-3-4-6-9(8)7-12(10)11-2;1-7-3-5-8(6-4-7)11(9)10-2/h3-6H,7H2,1-2H3;3-6H,1-2H3. The van der Waals surface area contributed by atoms with E-state index in [9.17, 15) is 8.42 Å². The highest BCUT2D eigenvalue weighted by molar-refractivity contribution is 7.80. The van der Waals surface area contributed by atoms with Gasteiger partial charge in [0.2, 0.25) is 0 Å². The van der Waals surface area contributed by atoms with Gasteiger partial charge in [-0.2, -0.15) is 0 Å². The molecule has 4 nitrogen and oxygen atoms in total. The van der Waals surface area contributed by atoms with Crippen molar-refractivity contribution < 1.29 is 16.8 Å². The lowest BCUT2D eigenvalue weighted by molar-refractivity contribution is 0.444. The molecular formula is C17H22O4S2. The van der Waals surface area contributed by atoms with Crippen molar-refractivity contribution in [1.29, 1.82) is 0 Å². The van der Waals surface area contributed by atoms with Crippen LogP contribution in [0.2, 0.25) is 0 Å². The van der Waals surface area contributed by atoms with Crippen LogP contribution in [0, 0.1) is 13.8 Å². The Morgan fingerprint density at radius 3 is 2.00 bits per heavy atom. The molecule has 0 saturated heterocycles. The fourth-order valence-electron chi connectivity index (χ4n) is 1.70. The van der Waals surface area contributed by atoms with Gasteiger partial charge in [0, 0.05) is 0 Å². The van der Waals surface area contributed by atoms with Gasteiger partial charge in [-0.15, -0.1) is 0 Å². The Labute approximate surface area is 143 Å². The number of aryl methyl sites for hydroxylation is 2. The summed E-state index contributed by atoms with van der Waals surface area (Å²) in [6.45, 7) is 3.99. The van der Waals surface area contributed by atoms with Crippen LogP contribution in [-0.4, -0.2) is 22.6 Å². The minimum atomic E-state index is -1.30. The van der Waals surface area contributed by atoms with E-state index >= 15 is 0 Å². The van der Waals surface area contributed by atoms with Gasteiger partial charge in [0.25, 0.3) is 0 Å². The van der Waals surface area contributed by atoms with Crippen molar-refractivity contribution in [2.75, 3.05) is 14.2 Å². The lowest BCUT2D eigenvalue weighted by Crippen LogP contribution is -1.98. The van der Waals surface area contributed by atoms with Gasteiger partial charge in [-0.05, 0) is 37.1 Å². The predicted octanol–water partition coefficient (Wildman–Crippen LogP) is 3.47. The molecule has 126 valence electrons. The molecule has 0 saturated carbocycles. The third kappa shape index (κ3) is 7.18. The number of hydrogen-bond acceptors (Lipinski definition) is 4. The van der Waals surface area contributed by atoms with E-state index in [2.05, 4.69) is 8.37 Å². The molecule has 6 heteroatoms. The smallest absolute Gasteiger partial charge is 0.188 e. The van der Waals surface area contributed by atoms with Crippen molar-refractivity contribution in [2.24, 2.45) is 0 Å². The summed E-state index contributed by atoms with van der Waals surface area (Å²) in [6, 6.07) is 15.3. The predicted molar refractivity (Wildman–Crippen MR) is 94.6 cm³/mol. The summed E-state index contributed by atoms with van der Waals surface area (Å²) in [5, 5.41) is 0. The second kappa shape index (κ2) is 10.4. The van der Waals surface area contributed by atoms with E-state index < -0.39 is 22.2 Å². The highest BCUT2D eigenvalue weighted by Gasteiger charge is 2.01. The molecular weight excluding hydrogens is 332 g/mol. The topological polar surface area (TPSA) is 52.6 Å². The molecule has 2 unspecified atom stereocenters. The van der Waals surface area contributed by atoms with Crippen LogP contribution in [-0.2, 0) is 36.3 Å². The molecule has 0 bridgehead atoms. The first-order valence-electron chi connectivity index (χ1n) is 6.98. The summed E-state index contributed by atoms with van der Waals surface area (Å²) < 4.78 is 31.4. The van der Waals surface area contributed by atoms with E-state index in [0.717, 1.165) is 16.7 Å². The maximum atomic E-state index is 11.0. The molecule has 23 heavy (non-hydrogen) atoms. The van der Waals surface area contributed by atoms with Crippen LogP contribution in [0.4, 0.5) is 0 Å². The van der Waals surface area contributed by atoms with Gasteiger partial charge in [-0.1, -0.05) is 42.0 Å². The Kier molecular flexibility index (Phi) is 8.94. The molecule has 0 aliphatic heterocycles. The number of benzene rings is 2. The normalized spacial score (nSPS) is 12.9. The minimum Gasteiger partial charge on any atom is -0.294 e. The van der Waals surface area contributed by atoms with Gasteiger partial charge in [-0.25, -0.2) is 8.42 Å². The van der Waals surface area contributed by atoms with Crippen LogP contribution in [0.5, 0.6) is 0 Å². The average Bonchev–Trinajstić information content (AvgIpc) is 2.57. The molecule has 0 amide bonds. The first kappa shape index (κ1) is 19.7. The minimum absolute atomic E-state index is 0.475. The largest absolute Gasteiger partial charge is 0.294 e. The number of hydrogen-bond donors (Lipinski definition) is 0. The summed E-state index contributed by atoms with van der Waals surface area (Å²) in [7, 11) is 2.88. The molecule has 2 atom stereocenters. The Bertz CT molecular complexity index is 654. The lowest BCUT2D eigenvalue weighted by Gasteiger charge is -2.02. The molecule has 0 fully saturated rings. The van der Waals surface area contributed by atoms with Crippen molar-refractivity contribution in [2.45, 2.75) is 24.5 Å². The Morgan fingerprint density at radius 1 is 0.870 bits per heavy atom. The molecule has 0 spiro atoms. The molecule has 0 N–H and O–H groups in total. The van der Waals surface area contributed by atoms with E-state index in [1.54, 1.807) is 12.1 Å². The molecule has 2 aromatic carbocycles. The molecule has 0 aliphatic carbocycles. The third-order valence-corrected chi connectivity index (χ3v) is 4.96. The van der Waals surface area contributed by atoms with Crippen LogP contribution in [0.1, 0.15) is 16.7 Å². The second-order valence-corrected chi connectivity index (χ2v) is 7.26. The summed E-state index contributed by atoms with van der Waals surface area (Å²) in [4.78, 5) is 0.707. The van der Waals surface area contributed by atoms with Gasteiger partial charge >= 0.3 is 0 Å². The van der Waals surface area contributed by atoms with Crippen molar-refractivity contribution in [1.82, 2.24) is 0 Å². The fraction of sp³-hybridized carbons (Fsp3) is 0.294. The summed E-state index contributed by atoms with van der Waals surface area (Å²) in [6.07, 6.45) is 0. The van der Waals surface area contributed by atoms with Crippen molar-refractivity contribution in [3.63, 3.8) is 0 Å². The van der Waals surface area contributed by atoms with Crippen molar-refractivity contribution in [3.8, 4) is 0 Å². The number of rotatable bonds is 5. The second-order valence-electron chi connectivity index (χ2n) is 4.76. The van der Waals surface area contributed by atoms with E-state index in [1.165, 1.54) is 14.2 Å².